The monoisotopic (exact) mass is 213 g/mol. The highest BCUT2D eigenvalue weighted by Gasteiger charge is 2.20. The molecule has 1 atom stereocenters. The molecule has 0 N–H and O–H groups in total. The van der Waals surface area contributed by atoms with Crippen LogP contribution in [0.5, 0.6) is 0 Å². The largest absolute Gasteiger partial charge is 0.466 e. The normalized spacial score (nSPS) is 11.3. The van der Waals surface area contributed by atoms with Crippen molar-refractivity contribution in [1.29, 1.82) is 5.26 Å². The predicted octanol–water partition coefficient (Wildman–Crippen LogP) is 1.03. The number of rotatable bonds is 6. The fourth-order valence-electron chi connectivity index (χ4n) is 0.973. The van der Waals surface area contributed by atoms with E-state index < -0.39 is 17.9 Å². The maximum Gasteiger partial charge on any atom is 0.323 e. The molecule has 5 heteroatoms. The Hall–Kier alpha value is -1.57. The van der Waals surface area contributed by atoms with E-state index in [0.717, 1.165) is 0 Å². The Balaban J connectivity index is 3.96. The Kier molecular flexibility index (Phi) is 6.98. The van der Waals surface area contributed by atoms with Crippen LogP contribution >= 0.6 is 0 Å². The van der Waals surface area contributed by atoms with Crippen LogP contribution in [-0.4, -0.2) is 25.2 Å². The Morgan fingerprint density at radius 3 is 2.33 bits per heavy atom. The number of nitriles is 1. The molecule has 0 aromatic heterocycles. The van der Waals surface area contributed by atoms with Gasteiger partial charge in [-0.25, -0.2) is 0 Å². The van der Waals surface area contributed by atoms with Gasteiger partial charge in [-0.2, -0.15) is 5.26 Å². The summed E-state index contributed by atoms with van der Waals surface area (Å²) in [5.74, 6) is -1.86. The second kappa shape index (κ2) is 7.80. The molecule has 15 heavy (non-hydrogen) atoms. The highest BCUT2D eigenvalue weighted by Crippen LogP contribution is 2.08. The molecule has 0 spiro atoms. The second-order valence-electron chi connectivity index (χ2n) is 2.78. The number of carbonyl (C=O) groups excluding carboxylic acids is 2. The summed E-state index contributed by atoms with van der Waals surface area (Å²) in [6, 6.07) is 1.80. The van der Waals surface area contributed by atoms with Gasteiger partial charge < -0.3 is 9.47 Å². The molecule has 0 heterocycles. The quantitative estimate of drug-likeness (QED) is 0.616. The van der Waals surface area contributed by atoms with Gasteiger partial charge in [-0.3, -0.25) is 9.59 Å². The lowest BCUT2D eigenvalue weighted by molar-refractivity contribution is -0.147. The third kappa shape index (κ3) is 5.68. The lowest BCUT2D eigenvalue weighted by atomic mass is 10.1. The summed E-state index contributed by atoms with van der Waals surface area (Å²) < 4.78 is 9.35. The summed E-state index contributed by atoms with van der Waals surface area (Å²) >= 11 is 0. The zero-order chi connectivity index (χ0) is 11.7. The van der Waals surface area contributed by atoms with Crippen molar-refractivity contribution in [2.75, 3.05) is 13.2 Å². The lowest BCUT2D eigenvalue weighted by Gasteiger charge is -2.07. The van der Waals surface area contributed by atoms with E-state index in [4.69, 9.17) is 5.26 Å². The van der Waals surface area contributed by atoms with Crippen LogP contribution < -0.4 is 0 Å². The van der Waals surface area contributed by atoms with Gasteiger partial charge in [0.15, 0.2) is 0 Å². The van der Waals surface area contributed by atoms with Crippen LogP contribution in [0.4, 0.5) is 0 Å². The van der Waals surface area contributed by atoms with Crippen LogP contribution in [0.25, 0.3) is 0 Å². The molecule has 84 valence electrons. The summed E-state index contributed by atoms with van der Waals surface area (Å²) in [6.07, 6.45) is 0.207. The number of ether oxygens (including phenoxy) is 2. The van der Waals surface area contributed by atoms with Crippen LogP contribution in [-0.2, 0) is 19.1 Å². The minimum absolute atomic E-state index is 0.0604. The van der Waals surface area contributed by atoms with Gasteiger partial charge in [0.1, 0.15) is 5.92 Å². The Morgan fingerprint density at radius 1 is 1.27 bits per heavy atom. The molecule has 0 radical (unpaired) electrons. The molecule has 0 fully saturated rings. The number of esters is 2. The topological polar surface area (TPSA) is 76.4 Å². The van der Waals surface area contributed by atoms with E-state index in [1.807, 2.05) is 0 Å². The molecule has 0 aromatic rings. The molecule has 0 aliphatic heterocycles. The third-order valence-corrected chi connectivity index (χ3v) is 1.67. The Labute approximate surface area is 89.0 Å². The van der Waals surface area contributed by atoms with Gasteiger partial charge in [-0.1, -0.05) is 0 Å². The van der Waals surface area contributed by atoms with E-state index in [2.05, 4.69) is 9.47 Å². The Bertz CT molecular complexity index is 257. The molecular formula is C10H15NO4. The fraction of sp³-hybridized carbons (Fsp3) is 0.700. The average molecular weight is 213 g/mol. The molecule has 5 nitrogen and oxygen atoms in total. The zero-order valence-electron chi connectivity index (χ0n) is 8.99. The molecule has 0 aliphatic carbocycles. The van der Waals surface area contributed by atoms with Crippen LogP contribution in [0.3, 0.4) is 0 Å². The van der Waals surface area contributed by atoms with E-state index >= 15 is 0 Å². The van der Waals surface area contributed by atoms with E-state index in [-0.39, 0.29) is 19.4 Å². The van der Waals surface area contributed by atoms with E-state index in [1.165, 1.54) is 0 Å². The van der Waals surface area contributed by atoms with Crippen molar-refractivity contribution < 1.29 is 19.1 Å². The number of hydrogen-bond donors (Lipinski definition) is 0. The van der Waals surface area contributed by atoms with Gasteiger partial charge in [0, 0.05) is 6.42 Å². The lowest BCUT2D eigenvalue weighted by Crippen LogP contribution is -2.18. The van der Waals surface area contributed by atoms with Crippen molar-refractivity contribution in [3.8, 4) is 6.07 Å². The zero-order valence-corrected chi connectivity index (χ0v) is 8.99. The van der Waals surface area contributed by atoms with Crippen LogP contribution in [0.2, 0.25) is 0 Å². The van der Waals surface area contributed by atoms with Gasteiger partial charge >= 0.3 is 11.9 Å². The van der Waals surface area contributed by atoms with Crippen LogP contribution in [0.15, 0.2) is 0 Å². The summed E-state index contributed by atoms with van der Waals surface area (Å²) in [5, 5.41) is 8.66. The second-order valence-corrected chi connectivity index (χ2v) is 2.78. The van der Waals surface area contributed by atoms with Crippen molar-refractivity contribution in [1.82, 2.24) is 0 Å². The predicted molar refractivity (Wildman–Crippen MR) is 51.6 cm³/mol. The van der Waals surface area contributed by atoms with Crippen molar-refractivity contribution in [3.63, 3.8) is 0 Å². The maximum atomic E-state index is 11.1. The van der Waals surface area contributed by atoms with Crippen LogP contribution in [0, 0.1) is 17.2 Å². The molecule has 0 saturated heterocycles. The first-order valence-corrected chi connectivity index (χ1v) is 4.87. The SMILES string of the molecule is CCOC(=O)CC[C@H](C#N)C(=O)OCC. The molecule has 0 bridgehead atoms. The van der Waals surface area contributed by atoms with Crippen molar-refractivity contribution in [2.24, 2.45) is 5.92 Å². The first kappa shape index (κ1) is 13.4. The van der Waals surface area contributed by atoms with Gasteiger partial charge in [-0.05, 0) is 20.3 Å². The van der Waals surface area contributed by atoms with E-state index in [1.54, 1.807) is 19.9 Å². The minimum Gasteiger partial charge on any atom is -0.466 e. The Morgan fingerprint density at radius 2 is 1.87 bits per heavy atom. The molecular weight excluding hydrogens is 198 g/mol. The van der Waals surface area contributed by atoms with Crippen molar-refractivity contribution in [2.45, 2.75) is 26.7 Å². The van der Waals surface area contributed by atoms with Crippen LogP contribution in [0.1, 0.15) is 26.7 Å². The molecule has 0 aliphatic rings. The van der Waals surface area contributed by atoms with E-state index in [9.17, 15) is 9.59 Å². The van der Waals surface area contributed by atoms with E-state index in [0.29, 0.717) is 6.61 Å². The van der Waals surface area contributed by atoms with Gasteiger partial charge in [0.2, 0.25) is 0 Å². The third-order valence-electron chi connectivity index (χ3n) is 1.67. The number of carbonyl (C=O) groups is 2. The molecule has 0 amide bonds. The summed E-state index contributed by atoms with van der Waals surface area (Å²) in [7, 11) is 0. The first-order valence-electron chi connectivity index (χ1n) is 4.87. The average Bonchev–Trinajstić information content (AvgIpc) is 2.19. The molecule has 0 rings (SSSR count). The minimum atomic E-state index is -0.880. The summed E-state index contributed by atoms with van der Waals surface area (Å²) in [4.78, 5) is 22.1. The van der Waals surface area contributed by atoms with Gasteiger partial charge in [0.05, 0.1) is 19.3 Å². The van der Waals surface area contributed by atoms with Gasteiger partial charge in [0.25, 0.3) is 0 Å². The number of nitrogens with zero attached hydrogens (tertiary/aromatic N) is 1. The van der Waals surface area contributed by atoms with Crippen molar-refractivity contribution >= 4 is 11.9 Å². The first-order chi connectivity index (χ1) is 7.15. The molecule has 0 unspecified atom stereocenters. The highest BCUT2D eigenvalue weighted by molar-refractivity contribution is 5.76. The summed E-state index contributed by atoms with van der Waals surface area (Å²) in [5.41, 5.74) is 0. The fourth-order valence-corrected chi connectivity index (χ4v) is 0.973. The molecule has 0 aromatic carbocycles. The smallest absolute Gasteiger partial charge is 0.323 e. The summed E-state index contributed by atoms with van der Waals surface area (Å²) in [6.45, 7) is 3.90. The highest BCUT2D eigenvalue weighted by atomic mass is 16.5. The standard InChI is InChI=1S/C10H15NO4/c1-3-14-9(12)6-5-8(7-11)10(13)15-4-2/h8H,3-6H2,1-2H3/t8-/m1/s1. The maximum absolute atomic E-state index is 11.1. The molecule has 0 saturated carbocycles. The number of hydrogen-bond acceptors (Lipinski definition) is 5. The van der Waals surface area contributed by atoms with Gasteiger partial charge in [-0.15, -0.1) is 0 Å². The van der Waals surface area contributed by atoms with Crippen molar-refractivity contribution in [3.05, 3.63) is 0 Å².